The van der Waals surface area contributed by atoms with Crippen LogP contribution in [-0.4, -0.2) is 30.0 Å². The van der Waals surface area contributed by atoms with Crippen molar-refractivity contribution in [1.29, 1.82) is 0 Å². The van der Waals surface area contributed by atoms with Crippen molar-refractivity contribution in [2.45, 2.75) is 50.6 Å². The molecule has 0 aromatic heterocycles. The van der Waals surface area contributed by atoms with Gasteiger partial charge in [0, 0.05) is 4.48 Å². The Morgan fingerprint density at radius 3 is 2.62 bits per heavy atom. The fraction of sp³-hybridized carbons (Fsp3) is 0.667. The third kappa shape index (κ3) is 3.46. The van der Waals surface area contributed by atoms with Gasteiger partial charge in [-0.15, -0.1) is 5.54 Å². The van der Waals surface area contributed by atoms with Crippen LogP contribution in [0.1, 0.15) is 19.3 Å². The minimum Gasteiger partial charge on any atom is -0.381 e. The van der Waals surface area contributed by atoms with Crippen LogP contribution in [-0.2, 0) is 0 Å². The van der Waals surface area contributed by atoms with E-state index in [1.54, 1.807) is 0 Å². The first kappa shape index (κ1) is 14.0. The van der Waals surface area contributed by atoms with E-state index >= 15 is 0 Å². The zero-order chi connectivity index (χ0) is 12.4. The molecule has 90 valence electrons. The first-order chi connectivity index (χ1) is 7.26. The highest BCUT2D eigenvalue weighted by Gasteiger charge is 2.38. The number of hydrogen-bond acceptors (Lipinski definition) is 2. The first-order valence-electron chi connectivity index (χ1n) is 5.55. The van der Waals surface area contributed by atoms with Crippen molar-refractivity contribution in [3.63, 3.8) is 0 Å². The Balaban J connectivity index is 2.87. The number of hydrogen-bond donors (Lipinski definition) is 2. The molecule has 0 saturated heterocycles. The van der Waals surface area contributed by atoms with E-state index in [9.17, 15) is 10.2 Å². The van der Waals surface area contributed by atoms with E-state index in [2.05, 4.69) is 47.0 Å². The van der Waals surface area contributed by atoms with Crippen molar-refractivity contribution >= 4 is 24.0 Å². The SMILES string of the molecule is C[Si](C)(C)C#C[C@H](O)[C@@]1(O)CCCC=C1Br. The third-order valence-electron chi connectivity index (χ3n) is 2.54. The molecule has 2 nitrogen and oxygen atoms in total. The van der Waals surface area contributed by atoms with Crippen molar-refractivity contribution in [3.8, 4) is 11.5 Å². The van der Waals surface area contributed by atoms with Gasteiger partial charge >= 0.3 is 0 Å². The van der Waals surface area contributed by atoms with E-state index in [4.69, 9.17) is 0 Å². The first-order valence-corrected chi connectivity index (χ1v) is 9.84. The van der Waals surface area contributed by atoms with E-state index in [-0.39, 0.29) is 0 Å². The molecule has 0 spiro atoms. The van der Waals surface area contributed by atoms with Crippen LogP contribution in [0.5, 0.6) is 0 Å². The van der Waals surface area contributed by atoms with Crippen molar-refractivity contribution in [2.75, 3.05) is 0 Å². The van der Waals surface area contributed by atoms with Crippen LogP contribution in [0.15, 0.2) is 10.6 Å². The summed E-state index contributed by atoms with van der Waals surface area (Å²) in [5.41, 5.74) is 1.89. The van der Waals surface area contributed by atoms with Gasteiger partial charge in [-0.25, -0.2) is 0 Å². The molecule has 2 atom stereocenters. The van der Waals surface area contributed by atoms with Crippen molar-refractivity contribution in [1.82, 2.24) is 0 Å². The quantitative estimate of drug-likeness (QED) is 0.577. The molecule has 0 fully saturated rings. The minimum absolute atomic E-state index is 0.561. The summed E-state index contributed by atoms with van der Waals surface area (Å²) in [6.07, 6.45) is 3.31. The van der Waals surface area contributed by atoms with Crippen LogP contribution < -0.4 is 0 Å². The highest BCUT2D eigenvalue weighted by molar-refractivity contribution is 9.11. The Labute approximate surface area is 107 Å². The van der Waals surface area contributed by atoms with Gasteiger partial charge in [0.15, 0.2) is 0 Å². The third-order valence-corrected chi connectivity index (χ3v) is 4.44. The molecular formula is C12H19BrO2Si. The van der Waals surface area contributed by atoms with Crippen LogP contribution in [0.2, 0.25) is 19.6 Å². The Kier molecular flexibility index (Phi) is 4.41. The molecule has 0 saturated carbocycles. The van der Waals surface area contributed by atoms with E-state index in [1.165, 1.54) is 0 Å². The Morgan fingerprint density at radius 2 is 2.12 bits per heavy atom. The Hall–Kier alpha value is -0.0831. The predicted molar refractivity (Wildman–Crippen MR) is 72.9 cm³/mol. The summed E-state index contributed by atoms with van der Waals surface area (Å²) in [5, 5.41) is 20.3. The van der Waals surface area contributed by atoms with Crippen LogP contribution >= 0.6 is 15.9 Å². The maximum atomic E-state index is 10.4. The van der Waals surface area contributed by atoms with Gasteiger partial charge in [-0.2, -0.15) is 0 Å². The van der Waals surface area contributed by atoms with Gasteiger partial charge in [0.1, 0.15) is 19.8 Å². The largest absolute Gasteiger partial charge is 0.381 e. The van der Waals surface area contributed by atoms with Gasteiger partial charge in [-0.3, -0.25) is 0 Å². The zero-order valence-electron chi connectivity index (χ0n) is 10.0. The average molecular weight is 303 g/mol. The van der Waals surface area contributed by atoms with Crippen molar-refractivity contribution < 1.29 is 10.2 Å². The molecule has 0 amide bonds. The van der Waals surface area contributed by atoms with E-state index in [1.807, 2.05) is 6.08 Å². The van der Waals surface area contributed by atoms with Crippen LogP contribution in [0, 0.1) is 11.5 Å². The molecule has 16 heavy (non-hydrogen) atoms. The summed E-state index contributed by atoms with van der Waals surface area (Å²) in [5.74, 6) is 2.81. The van der Waals surface area contributed by atoms with E-state index in [0.717, 1.165) is 12.8 Å². The van der Waals surface area contributed by atoms with Gasteiger partial charge in [0.25, 0.3) is 0 Å². The normalized spacial score (nSPS) is 27.8. The summed E-state index contributed by atoms with van der Waals surface area (Å²) in [6, 6.07) is 0. The number of aliphatic hydroxyl groups is 2. The fourth-order valence-electron chi connectivity index (χ4n) is 1.57. The molecule has 0 aromatic rings. The molecule has 0 heterocycles. The number of halogens is 1. The monoisotopic (exact) mass is 302 g/mol. The highest BCUT2D eigenvalue weighted by Crippen LogP contribution is 2.35. The lowest BCUT2D eigenvalue weighted by Crippen LogP contribution is -2.43. The molecule has 1 aliphatic rings. The number of aliphatic hydroxyl groups excluding tert-OH is 1. The maximum absolute atomic E-state index is 10.4. The molecule has 1 rings (SSSR count). The Bertz CT molecular complexity index is 348. The van der Waals surface area contributed by atoms with Gasteiger partial charge in [-0.05, 0) is 19.3 Å². The average Bonchev–Trinajstić information content (AvgIpc) is 2.18. The summed E-state index contributed by atoms with van der Waals surface area (Å²) < 4.78 is 0.670. The molecule has 0 aromatic carbocycles. The molecular weight excluding hydrogens is 284 g/mol. The van der Waals surface area contributed by atoms with Crippen molar-refractivity contribution in [2.24, 2.45) is 0 Å². The van der Waals surface area contributed by atoms with Crippen LogP contribution in [0.25, 0.3) is 0 Å². The molecule has 0 aliphatic heterocycles. The second-order valence-electron chi connectivity index (χ2n) is 5.29. The van der Waals surface area contributed by atoms with Gasteiger partial charge < -0.3 is 10.2 Å². The highest BCUT2D eigenvalue weighted by atomic mass is 79.9. The van der Waals surface area contributed by atoms with Crippen LogP contribution in [0.4, 0.5) is 0 Å². The lowest BCUT2D eigenvalue weighted by atomic mass is 9.86. The summed E-state index contributed by atoms with van der Waals surface area (Å²) >= 11 is 3.33. The van der Waals surface area contributed by atoms with E-state index in [0.29, 0.717) is 10.9 Å². The fourth-order valence-corrected chi connectivity index (χ4v) is 2.78. The number of allylic oxidation sites excluding steroid dienone is 1. The number of rotatable bonds is 1. The van der Waals surface area contributed by atoms with E-state index < -0.39 is 19.8 Å². The Morgan fingerprint density at radius 1 is 1.50 bits per heavy atom. The lowest BCUT2D eigenvalue weighted by molar-refractivity contribution is -0.0217. The van der Waals surface area contributed by atoms with Crippen LogP contribution in [0.3, 0.4) is 0 Å². The molecule has 4 heteroatoms. The second kappa shape index (κ2) is 5.05. The molecule has 1 aliphatic carbocycles. The zero-order valence-corrected chi connectivity index (χ0v) is 12.6. The molecule has 0 bridgehead atoms. The van der Waals surface area contributed by atoms with Crippen molar-refractivity contribution in [3.05, 3.63) is 10.6 Å². The topological polar surface area (TPSA) is 40.5 Å². The minimum atomic E-state index is -1.51. The van der Waals surface area contributed by atoms with Gasteiger partial charge in [-0.1, -0.05) is 47.6 Å². The predicted octanol–water partition coefficient (Wildman–Crippen LogP) is 2.42. The van der Waals surface area contributed by atoms with Gasteiger partial charge in [0.2, 0.25) is 0 Å². The molecule has 0 radical (unpaired) electrons. The van der Waals surface area contributed by atoms with Gasteiger partial charge in [0.05, 0.1) is 0 Å². The summed E-state index contributed by atoms with van der Waals surface area (Å²) in [7, 11) is -1.51. The summed E-state index contributed by atoms with van der Waals surface area (Å²) in [6.45, 7) is 6.34. The maximum Gasteiger partial charge on any atom is 0.147 e. The lowest BCUT2D eigenvalue weighted by Gasteiger charge is -2.33. The smallest absolute Gasteiger partial charge is 0.147 e. The molecule has 0 unspecified atom stereocenters. The second-order valence-corrected chi connectivity index (χ2v) is 10.9. The standard InChI is InChI=1S/C12H19BrO2Si/c1-16(2,3)9-7-11(14)12(15)8-5-4-6-10(12)13/h6,11,14-15H,4-5,8H2,1-3H3/t11-,12+/m0/s1. The summed E-state index contributed by atoms with van der Waals surface area (Å²) in [4.78, 5) is 0. The molecule has 2 N–H and O–H groups in total.